The predicted octanol–water partition coefficient (Wildman–Crippen LogP) is 1.84. The molecule has 1 fully saturated rings. The third-order valence-electron chi connectivity index (χ3n) is 5.09. The summed E-state index contributed by atoms with van der Waals surface area (Å²) in [6.45, 7) is 4.53. The van der Waals surface area contributed by atoms with E-state index >= 15 is 0 Å². The van der Waals surface area contributed by atoms with Gasteiger partial charge >= 0.3 is 0 Å². The van der Waals surface area contributed by atoms with Crippen LogP contribution in [0.25, 0.3) is 0 Å². The highest BCUT2D eigenvalue weighted by atomic mass is 16.3. The third-order valence-corrected chi connectivity index (χ3v) is 5.09. The summed E-state index contributed by atoms with van der Waals surface area (Å²) < 4.78 is 1.82. The largest absolute Gasteiger partial charge is 0.385 e. The molecule has 2 heterocycles. The number of aryl methyl sites for hydroxylation is 3. The standard InChI is InChI=1S/C20H25N3O3/c1-13-6-7-16(9-14(13)2)23-12-15(10-19(23)25)20(26)21-11-18(24)17-5-4-8-22(17)3/h4-9,15,18,24H,10-12H2,1-3H3,(H,21,26)/t15-,18+/m0/s1. The summed E-state index contributed by atoms with van der Waals surface area (Å²) in [6.07, 6.45) is 1.27. The van der Waals surface area contributed by atoms with Crippen molar-refractivity contribution < 1.29 is 14.7 Å². The summed E-state index contributed by atoms with van der Waals surface area (Å²) in [7, 11) is 1.84. The monoisotopic (exact) mass is 355 g/mol. The molecule has 2 atom stereocenters. The van der Waals surface area contributed by atoms with Crippen molar-refractivity contribution in [2.24, 2.45) is 13.0 Å². The second-order valence-corrected chi connectivity index (χ2v) is 6.98. The molecule has 6 heteroatoms. The lowest BCUT2D eigenvalue weighted by atomic mass is 10.1. The Labute approximate surface area is 153 Å². The Morgan fingerprint density at radius 2 is 2.08 bits per heavy atom. The minimum absolute atomic E-state index is 0.0450. The molecule has 2 N–H and O–H groups in total. The van der Waals surface area contributed by atoms with Crippen LogP contribution in [0.5, 0.6) is 0 Å². The molecule has 6 nitrogen and oxygen atoms in total. The van der Waals surface area contributed by atoms with E-state index in [1.165, 1.54) is 5.56 Å². The lowest BCUT2D eigenvalue weighted by Crippen LogP contribution is -2.35. The van der Waals surface area contributed by atoms with Gasteiger partial charge in [0.15, 0.2) is 0 Å². The van der Waals surface area contributed by atoms with Crippen LogP contribution in [-0.4, -0.2) is 34.6 Å². The van der Waals surface area contributed by atoms with Crippen LogP contribution >= 0.6 is 0 Å². The average Bonchev–Trinajstić information content (AvgIpc) is 3.21. The molecule has 0 radical (unpaired) electrons. The van der Waals surface area contributed by atoms with Crippen molar-refractivity contribution in [3.05, 3.63) is 53.3 Å². The number of carbonyl (C=O) groups is 2. The number of anilines is 1. The first-order chi connectivity index (χ1) is 12.4. The van der Waals surface area contributed by atoms with Crippen LogP contribution < -0.4 is 10.2 Å². The van der Waals surface area contributed by atoms with Gasteiger partial charge in [0.05, 0.1) is 5.92 Å². The van der Waals surface area contributed by atoms with Gasteiger partial charge < -0.3 is 19.9 Å². The molecule has 1 saturated heterocycles. The molecular formula is C20H25N3O3. The summed E-state index contributed by atoms with van der Waals surface area (Å²) in [5, 5.41) is 13.0. The number of aromatic nitrogens is 1. The lowest BCUT2D eigenvalue weighted by Gasteiger charge is -2.18. The number of hydrogen-bond acceptors (Lipinski definition) is 3. The average molecular weight is 355 g/mol. The van der Waals surface area contributed by atoms with E-state index < -0.39 is 12.0 Å². The molecule has 138 valence electrons. The molecule has 1 aliphatic heterocycles. The smallest absolute Gasteiger partial charge is 0.227 e. The van der Waals surface area contributed by atoms with Gasteiger partial charge in [-0.1, -0.05) is 6.07 Å². The van der Waals surface area contributed by atoms with Crippen molar-refractivity contribution >= 4 is 17.5 Å². The molecule has 1 aliphatic rings. The number of amides is 2. The van der Waals surface area contributed by atoms with E-state index in [1.807, 2.05) is 62.0 Å². The van der Waals surface area contributed by atoms with E-state index in [4.69, 9.17) is 0 Å². The molecule has 0 saturated carbocycles. The SMILES string of the molecule is Cc1ccc(N2C[C@@H](C(=O)NC[C@@H](O)c3cccn3C)CC2=O)cc1C. The van der Waals surface area contributed by atoms with Gasteiger partial charge in [-0.3, -0.25) is 9.59 Å². The Kier molecular flexibility index (Phi) is 5.13. The summed E-state index contributed by atoms with van der Waals surface area (Å²) in [5.41, 5.74) is 3.86. The number of nitrogens with one attached hydrogen (secondary N) is 1. The Morgan fingerprint density at radius 1 is 1.31 bits per heavy atom. The summed E-state index contributed by atoms with van der Waals surface area (Å²) >= 11 is 0. The Hall–Kier alpha value is -2.60. The molecule has 3 rings (SSSR count). The van der Waals surface area contributed by atoms with Crippen molar-refractivity contribution in [3.63, 3.8) is 0 Å². The van der Waals surface area contributed by atoms with E-state index in [9.17, 15) is 14.7 Å². The van der Waals surface area contributed by atoms with Crippen LogP contribution in [0, 0.1) is 19.8 Å². The van der Waals surface area contributed by atoms with Gasteiger partial charge in [-0.15, -0.1) is 0 Å². The van der Waals surface area contributed by atoms with Crippen LogP contribution in [0.2, 0.25) is 0 Å². The summed E-state index contributed by atoms with van der Waals surface area (Å²) in [5.74, 6) is -0.640. The first kappa shape index (κ1) is 18.2. The zero-order chi connectivity index (χ0) is 18.8. The predicted molar refractivity (Wildman–Crippen MR) is 99.8 cm³/mol. The first-order valence-corrected chi connectivity index (χ1v) is 8.81. The molecule has 0 bridgehead atoms. The molecule has 26 heavy (non-hydrogen) atoms. The fraction of sp³-hybridized carbons (Fsp3) is 0.400. The van der Waals surface area contributed by atoms with Gasteiger partial charge in [-0.2, -0.15) is 0 Å². The van der Waals surface area contributed by atoms with E-state index in [-0.39, 0.29) is 24.8 Å². The van der Waals surface area contributed by atoms with Gasteiger partial charge in [0, 0.05) is 44.1 Å². The van der Waals surface area contributed by atoms with Gasteiger partial charge in [0.2, 0.25) is 11.8 Å². The molecule has 1 aromatic heterocycles. The maximum atomic E-state index is 12.4. The molecule has 2 aromatic rings. The van der Waals surface area contributed by atoms with Crippen molar-refractivity contribution in [3.8, 4) is 0 Å². The lowest BCUT2D eigenvalue weighted by molar-refractivity contribution is -0.126. The number of aliphatic hydroxyl groups is 1. The van der Waals surface area contributed by atoms with Crippen molar-refractivity contribution in [2.45, 2.75) is 26.4 Å². The van der Waals surface area contributed by atoms with Crippen LogP contribution in [0.3, 0.4) is 0 Å². The number of rotatable bonds is 5. The summed E-state index contributed by atoms with van der Waals surface area (Å²) in [6, 6.07) is 9.54. The molecule has 0 spiro atoms. The van der Waals surface area contributed by atoms with Gasteiger partial charge in [0.1, 0.15) is 6.10 Å². The van der Waals surface area contributed by atoms with E-state index in [0.717, 1.165) is 16.9 Å². The second-order valence-electron chi connectivity index (χ2n) is 6.98. The van der Waals surface area contributed by atoms with E-state index in [1.54, 1.807) is 4.90 Å². The highest BCUT2D eigenvalue weighted by molar-refractivity contribution is 6.00. The number of benzene rings is 1. The third kappa shape index (κ3) is 3.65. The quantitative estimate of drug-likeness (QED) is 0.859. The molecule has 1 aromatic carbocycles. The molecule has 0 unspecified atom stereocenters. The highest BCUT2D eigenvalue weighted by Gasteiger charge is 2.35. The first-order valence-electron chi connectivity index (χ1n) is 8.81. The fourth-order valence-corrected chi connectivity index (χ4v) is 3.29. The second kappa shape index (κ2) is 7.33. The minimum Gasteiger partial charge on any atom is -0.385 e. The number of nitrogens with zero attached hydrogens (tertiary/aromatic N) is 2. The number of hydrogen-bond donors (Lipinski definition) is 2. The van der Waals surface area contributed by atoms with Gasteiger partial charge in [-0.25, -0.2) is 0 Å². The Balaban J connectivity index is 1.60. The van der Waals surface area contributed by atoms with Crippen LogP contribution in [0.15, 0.2) is 36.5 Å². The number of aliphatic hydroxyl groups excluding tert-OH is 1. The minimum atomic E-state index is -0.771. The maximum Gasteiger partial charge on any atom is 0.227 e. The zero-order valence-corrected chi connectivity index (χ0v) is 15.4. The van der Waals surface area contributed by atoms with Crippen LogP contribution in [-0.2, 0) is 16.6 Å². The van der Waals surface area contributed by atoms with E-state index in [0.29, 0.717) is 6.54 Å². The van der Waals surface area contributed by atoms with Crippen molar-refractivity contribution in [2.75, 3.05) is 18.0 Å². The maximum absolute atomic E-state index is 12.4. The Morgan fingerprint density at radius 3 is 2.73 bits per heavy atom. The zero-order valence-electron chi connectivity index (χ0n) is 15.4. The number of carbonyl (C=O) groups excluding carboxylic acids is 2. The Bertz CT molecular complexity index is 827. The topological polar surface area (TPSA) is 74.6 Å². The van der Waals surface area contributed by atoms with Crippen molar-refractivity contribution in [1.82, 2.24) is 9.88 Å². The van der Waals surface area contributed by atoms with Crippen molar-refractivity contribution in [1.29, 1.82) is 0 Å². The highest BCUT2D eigenvalue weighted by Crippen LogP contribution is 2.27. The van der Waals surface area contributed by atoms with Crippen LogP contribution in [0.1, 0.15) is 29.3 Å². The fourth-order valence-electron chi connectivity index (χ4n) is 3.29. The van der Waals surface area contributed by atoms with Crippen LogP contribution in [0.4, 0.5) is 5.69 Å². The van der Waals surface area contributed by atoms with Gasteiger partial charge in [0.25, 0.3) is 0 Å². The molecule has 0 aliphatic carbocycles. The van der Waals surface area contributed by atoms with Gasteiger partial charge in [-0.05, 0) is 49.2 Å². The summed E-state index contributed by atoms with van der Waals surface area (Å²) in [4.78, 5) is 26.5. The van der Waals surface area contributed by atoms with E-state index in [2.05, 4.69) is 5.32 Å². The molecular weight excluding hydrogens is 330 g/mol. The molecule has 2 amide bonds. The normalized spacial score (nSPS) is 18.2.